The van der Waals surface area contributed by atoms with Crippen molar-refractivity contribution in [2.45, 2.75) is 38.5 Å². The van der Waals surface area contributed by atoms with Crippen LogP contribution in [0.5, 0.6) is 5.75 Å². The molecular weight excluding hydrogens is 355 g/mol. The molecule has 0 saturated carbocycles. The Hall–Kier alpha value is -2.50. The van der Waals surface area contributed by atoms with Crippen LogP contribution in [0, 0.1) is 0 Å². The summed E-state index contributed by atoms with van der Waals surface area (Å²) in [6.45, 7) is 4.92. The number of carbonyl (C=O) groups excluding carboxylic acids is 1. The van der Waals surface area contributed by atoms with Gasteiger partial charge in [0, 0.05) is 24.6 Å². The molecular formula is C21H22F3NO2. The maximum Gasteiger partial charge on any atom is 0.416 e. The van der Waals surface area contributed by atoms with Gasteiger partial charge in [0.1, 0.15) is 5.75 Å². The maximum atomic E-state index is 12.8. The average molecular weight is 377 g/mol. The smallest absolute Gasteiger partial charge is 0.416 e. The van der Waals surface area contributed by atoms with E-state index in [0.717, 1.165) is 24.1 Å². The molecule has 0 aliphatic carbocycles. The van der Waals surface area contributed by atoms with Gasteiger partial charge in [0.25, 0.3) is 5.91 Å². The molecule has 1 saturated heterocycles. The van der Waals surface area contributed by atoms with E-state index in [-0.39, 0.29) is 17.9 Å². The summed E-state index contributed by atoms with van der Waals surface area (Å²) in [5, 5.41) is 0. The first kappa shape index (κ1) is 19.3. The number of hydrogen-bond donors (Lipinski definition) is 0. The first-order chi connectivity index (χ1) is 12.7. The van der Waals surface area contributed by atoms with Crippen molar-refractivity contribution in [3.8, 4) is 5.75 Å². The molecule has 1 fully saturated rings. The minimum Gasteiger partial charge on any atom is -0.491 e. The second kappa shape index (κ2) is 7.62. The number of halogens is 3. The van der Waals surface area contributed by atoms with E-state index < -0.39 is 11.7 Å². The summed E-state index contributed by atoms with van der Waals surface area (Å²) in [7, 11) is 0. The number of nitrogens with zero attached hydrogens (tertiary/aromatic N) is 1. The van der Waals surface area contributed by atoms with Crippen molar-refractivity contribution in [2.75, 3.05) is 13.1 Å². The molecule has 6 heteroatoms. The molecule has 0 radical (unpaired) electrons. The number of ether oxygens (including phenoxy) is 1. The molecule has 1 aliphatic rings. The Morgan fingerprint density at radius 1 is 1.15 bits per heavy atom. The minimum atomic E-state index is -4.33. The summed E-state index contributed by atoms with van der Waals surface area (Å²) in [5.74, 6) is 0.610. The molecule has 0 bridgehead atoms. The first-order valence-corrected chi connectivity index (χ1v) is 8.97. The third-order valence-electron chi connectivity index (χ3n) is 4.64. The maximum absolute atomic E-state index is 12.8. The lowest BCUT2D eigenvalue weighted by Crippen LogP contribution is -2.28. The Balaban J connectivity index is 1.68. The zero-order valence-corrected chi connectivity index (χ0v) is 15.3. The van der Waals surface area contributed by atoms with Crippen molar-refractivity contribution in [3.05, 3.63) is 65.2 Å². The van der Waals surface area contributed by atoms with Crippen LogP contribution in [-0.2, 0) is 6.18 Å². The van der Waals surface area contributed by atoms with Crippen LogP contribution in [0.2, 0.25) is 0 Å². The summed E-state index contributed by atoms with van der Waals surface area (Å²) in [6.07, 6.45) is -3.58. The van der Waals surface area contributed by atoms with Crippen molar-refractivity contribution in [3.63, 3.8) is 0 Å². The topological polar surface area (TPSA) is 29.5 Å². The Bertz CT molecular complexity index is 800. The molecule has 2 aromatic carbocycles. The van der Waals surface area contributed by atoms with E-state index in [2.05, 4.69) is 0 Å². The van der Waals surface area contributed by atoms with Gasteiger partial charge in [-0.3, -0.25) is 4.79 Å². The summed E-state index contributed by atoms with van der Waals surface area (Å²) in [6, 6.07) is 12.3. The lowest BCUT2D eigenvalue weighted by atomic mass is 9.97. The third kappa shape index (κ3) is 4.62. The molecule has 0 aromatic heterocycles. The number of amides is 1. The molecule has 1 amide bonds. The van der Waals surface area contributed by atoms with Gasteiger partial charge in [-0.15, -0.1) is 0 Å². The second-order valence-corrected chi connectivity index (χ2v) is 7.05. The fraction of sp³-hybridized carbons (Fsp3) is 0.381. The van der Waals surface area contributed by atoms with E-state index in [1.807, 2.05) is 19.9 Å². The van der Waals surface area contributed by atoms with Gasteiger partial charge in [-0.05, 0) is 56.2 Å². The summed E-state index contributed by atoms with van der Waals surface area (Å²) in [5.41, 5.74) is 0.732. The lowest BCUT2D eigenvalue weighted by molar-refractivity contribution is -0.137. The van der Waals surface area contributed by atoms with E-state index in [9.17, 15) is 18.0 Å². The van der Waals surface area contributed by atoms with Gasteiger partial charge in [0.05, 0.1) is 11.7 Å². The quantitative estimate of drug-likeness (QED) is 0.740. The Kier molecular flexibility index (Phi) is 5.44. The van der Waals surface area contributed by atoms with E-state index in [1.165, 1.54) is 12.1 Å². The third-order valence-corrected chi connectivity index (χ3v) is 4.64. The highest BCUT2D eigenvalue weighted by atomic mass is 19.4. The van der Waals surface area contributed by atoms with Gasteiger partial charge in [-0.25, -0.2) is 0 Å². The average Bonchev–Trinajstić information content (AvgIpc) is 3.10. The molecule has 2 aromatic rings. The van der Waals surface area contributed by atoms with Crippen LogP contribution in [-0.4, -0.2) is 30.0 Å². The molecule has 0 N–H and O–H groups in total. The van der Waals surface area contributed by atoms with Crippen LogP contribution in [0.15, 0.2) is 48.5 Å². The molecule has 1 atom stereocenters. The highest BCUT2D eigenvalue weighted by Crippen LogP contribution is 2.33. The summed E-state index contributed by atoms with van der Waals surface area (Å²) in [4.78, 5) is 14.5. The van der Waals surface area contributed by atoms with Gasteiger partial charge >= 0.3 is 6.18 Å². The zero-order chi connectivity index (χ0) is 19.6. The Labute approximate surface area is 156 Å². The highest BCUT2D eigenvalue weighted by molar-refractivity contribution is 5.94. The van der Waals surface area contributed by atoms with Gasteiger partial charge in [0.2, 0.25) is 0 Å². The summed E-state index contributed by atoms with van der Waals surface area (Å²) < 4.78 is 43.7. The van der Waals surface area contributed by atoms with E-state index in [0.29, 0.717) is 24.4 Å². The fourth-order valence-electron chi connectivity index (χ4n) is 3.32. The van der Waals surface area contributed by atoms with Crippen LogP contribution in [0.1, 0.15) is 47.7 Å². The van der Waals surface area contributed by atoms with Crippen molar-refractivity contribution in [1.82, 2.24) is 4.90 Å². The first-order valence-electron chi connectivity index (χ1n) is 8.97. The van der Waals surface area contributed by atoms with Gasteiger partial charge in [-0.1, -0.05) is 18.2 Å². The number of rotatable bonds is 4. The molecule has 27 heavy (non-hydrogen) atoms. The predicted molar refractivity (Wildman–Crippen MR) is 96.9 cm³/mol. The zero-order valence-electron chi connectivity index (χ0n) is 15.3. The summed E-state index contributed by atoms with van der Waals surface area (Å²) >= 11 is 0. The van der Waals surface area contributed by atoms with Crippen LogP contribution in [0.3, 0.4) is 0 Å². The normalized spacial score (nSPS) is 17.4. The largest absolute Gasteiger partial charge is 0.491 e. The van der Waals surface area contributed by atoms with Crippen LogP contribution in [0.4, 0.5) is 13.2 Å². The Morgan fingerprint density at radius 2 is 1.85 bits per heavy atom. The molecule has 1 heterocycles. The minimum absolute atomic E-state index is 0.0196. The molecule has 3 rings (SSSR count). The van der Waals surface area contributed by atoms with Crippen molar-refractivity contribution in [1.29, 1.82) is 0 Å². The molecule has 1 unspecified atom stereocenters. The SMILES string of the molecule is CC(C)Oc1cccc(C(=O)N2CCC(c3ccc(C(F)(F)F)cc3)C2)c1. The number of likely N-dealkylation sites (tertiary alicyclic amines) is 1. The number of alkyl halides is 3. The van der Waals surface area contributed by atoms with E-state index >= 15 is 0 Å². The monoisotopic (exact) mass is 377 g/mol. The van der Waals surface area contributed by atoms with Crippen molar-refractivity contribution in [2.24, 2.45) is 0 Å². The van der Waals surface area contributed by atoms with Gasteiger partial charge in [-0.2, -0.15) is 13.2 Å². The molecule has 144 valence electrons. The number of carbonyl (C=O) groups is 1. The number of hydrogen-bond acceptors (Lipinski definition) is 2. The predicted octanol–water partition coefficient (Wildman–Crippen LogP) is 5.12. The standard InChI is InChI=1S/C21H22F3NO2/c1-14(2)27-19-5-3-4-16(12-19)20(26)25-11-10-17(13-25)15-6-8-18(9-7-15)21(22,23)24/h3-9,12,14,17H,10-11,13H2,1-2H3. The number of benzene rings is 2. The van der Waals surface area contributed by atoms with E-state index in [1.54, 1.807) is 23.1 Å². The molecule has 0 spiro atoms. The van der Waals surface area contributed by atoms with Crippen molar-refractivity contribution < 1.29 is 22.7 Å². The fourth-order valence-corrected chi connectivity index (χ4v) is 3.32. The second-order valence-electron chi connectivity index (χ2n) is 7.05. The van der Waals surface area contributed by atoms with Gasteiger partial charge in [0.15, 0.2) is 0 Å². The molecule has 1 aliphatic heterocycles. The van der Waals surface area contributed by atoms with Gasteiger partial charge < -0.3 is 9.64 Å². The van der Waals surface area contributed by atoms with Crippen LogP contribution in [0.25, 0.3) is 0 Å². The lowest BCUT2D eigenvalue weighted by Gasteiger charge is -2.18. The Morgan fingerprint density at radius 3 is 2.48 bits per heavy atom. The van der Waals surface area contributed by atoms with Crippen LogP contribution < -0.4 is 4.74 Å². The van der Waals surface area contributed by atoms with Crippen LogP contribution >= 0.6 is 0 Å². The highest BCUT2D eigenvalue weighted by Gasteiger charge is 2.32. The van der Waals surface area contributed by atoms with E-state index in [4.69, 9.17) is 4.74 Å². The molecule has 3 nitrogen and oxygen atoms in total. The van der Waals surface area contributed by atoms with Crippen molar-refractivity contribution >= 4 is 5.91 Å².